The smallest absolute Gasteiger partial charge is 0.326 e. The highest BCUT2D eigenvalue weighted by atomic mass is 16.2. The molecule has 1 fully saturated rings. The van der Waals surface area contributed by atoms with Crippen LogP contribution in [-0.2, 0) is 17.8 Å². The topological polar surface area (TPSA) is 87.2 Å². The first-order valence-corrected chi connectivity index (χ1v) is 12.0. The van der Waals surface area contributed by atoms with Crippen molar-refractivity contribution in [3.05, 3.63) is 69.6 Å². The highest BCUT2D eigenvalue weighted by molar-refractivity contribution is 5.97. The van der Waals surface area contributed by atoms with Crippen LogP contribution in [0.3, 0.4) is 0 Å². The first-order chi connectivity index (χ1) is 16.1. The van der Waals surface area contributed by atoms with Gasteiger partial charge in [0.25, 0.3) is 5.91 Å². The first kappa shape index (κ1) is 21.5. The van der Waals surface area contributed by atoms with E-state index in [1.165, 1.54) is 11.1 Å². The second-order valence-corrected chi connectivity index (χ2v) is 9.16. The predicted molar refractivity (Wildman–Crippen MR) is 127 cm³/mol. The number of aromatic amines is 1. The van der Waals surface area contributed by atoms with E-state index in [1.807, 2.05) is 27.7 Å². The third-order valence-corrected chi connectivity index (χ3v) is 7.00. The highest BCUT2D eigenvalue weighted by Gasteiger charge is 2.22. The van der Waals surface area contributed by atoms with Crippen LogP contribution in [0, 0.1) is 0 Å². The number of hydrogen-bond donors (Lipinski definition) is 2. The molecule has 2 heterocycles. The maximum absolute atomic E-state index is 12.6. The highest BCUT2D eigenvalue weighted by Crippen LogP contribution is 2.30. The molecule has 2 N–H and O–H groups in total. The van der Waals surface area contributed by atoms with E-state index in [0.29, 0.717) is 37.0 Å². The number of H-pyrrole nitrogens is 1. The van der Waals surface area contributed by atoms with Crippen LogP contribution in [0.1, 0.15) is 66.1 Å². The lowest BCUT2D eigenvalue weighted by Crippen LogP contribution is -2.36. The number of carbonyl (C=O) groups excluding carboxylic acids is 2. The number of nitrogens with one attached hydrogen (secondary N) is 2. The number of imidazole rings is 1. The minimum atomic E-state index is -0.189. The van der Waals surface area contributed by atoms with Crippen molar-refractivity contribution in [1.82, 2.24) is 19.8 Å². The van der Waals surface area contributed by atoms with Gasteiger partial charge in [0.2, 0.25) is 5.91 Å². The summed E-state index contributed by atoms with van der Waals surface area (Å²) in [7, 11) is 0. The number of aromatic nitrogens is 2. The van der Waals surface area contributed by atoms with Crippen LogP contribution in [0.15, 0.2) is 47.3 Å². The molecule has 0 bridgehead atoms. The molecule has 0 atom stereocenters. The van der Waals surface area contributed by atoms with E-state index in [2.05, 4.69) is 22.4 Å². The molecule has 1 aromatic heterocycles. The fourth-order valence-electron chi connectivity index (χ4n) is 5.21. The zero-order valence-electron chi connectivity index (χ0n) is 18.8. The zero-order chi connectivity index (χ0) is 22.8. The maximum Gasteiger partial charge on any atom is 0.326 e. The second-order valence-electron chi connectivity index (χ2n) is 9.16. The number of fused-ring (bicyclic) bond motifs is 2. The molecule has 0 radical (unpaired) electrons. The molecule has 2 aromatic carbocycles. The SMILES string of the molecule is O=C(NCCCC(=O)N1CCc2ccccc2C1)c1ccc2c(c1)[nH]c(=O)n2C1CCCC1. The van der Waals surface area contributed by atoms with E-state index in [9.17, 15) is 14.4 Å². The molecule has 1 saturated carbocycles. The van der Waals surface area contributed by atoms with Crippen LogP contribution in [0.25, 0.3) is 11.0 Å². The van der Waals surface area contributed by atoms with Gasteiger partial charge in [-0.3, -0.25) is 14.2 Å². The Morgan fingerprint density at radius 1 is 1.06 bits per heavy atom. The lowest BCUT2D eigenvalue weighted by atomic mass is 9.99. The molecule has 172 valence electrons. The van der Waals surface area contributed by atoms with E-state index in [-0.39, 0.29) is 23.5 Å². The van der Waals surface area contributed by atoms with Gasteiger partial charge in [-0.15, -0.1) is 0 Å². The molecular weight excluding hydrogens is 416 g/mol. The Kier molecular flexibility index (Phi) is 6.03. The minimum Gasteiger partial charge on any atom is -0.352 e. The number of carbonyl (C=O) groups is 2. The summed E-state index contributed by atoms with van der Waals surface area (Å²) in [5, 5.41) is 2.91. The average molecular weight is 447 g/mol. The van der Waals surface area contributed by atoms with Gasteiger partial charge in [0.05, 0.1) is 11.0 Å². The van der Waals surface area contributed by atoms with E-state index in [1.54, 1.807) is 12.1 Å². The van der Waals surface area contributed by atoms with Gasteiger partial charge in [-0.2, -0.15) is 0 Å². The molecule has 1 aliphatic carbocycles. The van der Waals surface area contributed by atoms with Gasteiger partial charge in [0.1, 0.15) is 0 Å². The molecule has 2 amide bonds. The minimum absolute atomic E-state index is 0.103. The summed E-state index contributed by atoms with van der Waals surface area (Å²) in [6.45, 7) is 1.85. The van der Waals surface area contributed by atoms with E-state index < -0.39 is 0 Å². The number of benzene rings is 2. The zero-order valence-corrected chi connectivity index (χ0v) is 18.8. The quantitative estimate of drug-likeness (QED) is 0.568. The summed E-state index contributed by atoms with van der Waals surface area (Å²) in [5.74, 6) is -0.0586. The third kappa shape index (κ3) is 4.45. The van der Waals surface area contributed by atoms with E-state index in [4.69, 9.17) is 0 Å². The molecule has 33 heavy (non-hydrogen) atoms. The van der Waals surface area contributed by atoms with Crippen molar-refractivity contribution in [1.29, 1.82) is 0 Å². The van der Waals surface area contributed by atoms with Crippen molar-refractivity contribution in [3.63, 3.8) is 0 Å². The molecule has 5 rings (SSSR count). The summed E-state index contributed by atoms with van der Waals surface area (Å²) in [4.78, 5) is 42.5. The average Bonchev–Trinajstić information content (AvgIpc) is 3.47. The van der Waals surface area contributed by atoms with Crippen LogP contribution < -0.4 is 11.0 Å². The summed E-state index contributed by atoms with van der Waals surface area (Å²) in [6, 6.07) is 13.9. The Hall–Kier alpha value is -3.35. The van der Waals surface area contributed by atoms with Gasteiger partial charge >= 0.3 is 5.69 Å². The molecule has 0 unspecified atom stereocenters. The Balaban J connectivity index is 1.14. The van der Waals surface area contributed by atoms with Gasteiger partial charge in [-0.25, -0.2) is 4.79 Å². The fourth-order valence-corrected chi connectivity index (χ4v) is 5.21. The number of nitrogens with zero attached hydrogens (tertiary/aromatic N) is 2. The maximum atomic E-state index is 12.6. The van der Waals surface area contributed by atoms with Crippen molar-refractivity contribution < 1.29 is 9.59 Å². The van der Waals surface area contributed by atoms with E-state index >= 15 is 0 Å². The summed E-state index contributed by atoms with van der Waals surface area (Å²) >= 11 is 0. The van der Waals surface area contributed by atoms with Crippen molar-refractivity contribution in [3.8, 4) is 0 Å². The lowest BCUT2D eigenvalue weighted by molar-refractivity contribution is -0.132. The number of amides is 2. The molecule has 0 saturated heterocycles. The molecule has 3 aromatic rings. The van der Waals surface area contributed by atoms with Crippen LogP contribution in [0.5, 0.6) is 0 Å². The fraction of sp³-hybridized carbons (Fsp3) is 0.423. The molecule has 1 aliphatic heterocycles. The predicted octanol–water partition coefficient (Wildman–Crippen LogP) is 3.54. The number of hydrogen-bond acceptors (Lipinski definition) is 3. The van der Waals surface area contributed by atoms with Gasteiger partial charge in [0, 0.05) is 37.7 Å². The molecule has 7 nitrogen and oxygen atoms in total. The standard InChI is InChI=1S/C26H30N4O3/c31-24(29-15-13-18-6-1-2-7-20(18)17-29)10-5-14-27-25(32)19-11-12-23-22(16-19)28-26(33)30(23)21-8-3-4-9-21/h1-2,6-7,11-12,16,21H,3-5,8-10,13-15,17H2,(H,27,32)(H,28,33). The van der Waals surface area contributed by atoms with Crippen molar-refractivity contribution >= 4 is 22.8 Å². The van der Waals surface area contributed by atoms with Gasteiger partial charge in [0.15, 0.2) is 0 Å². The monoisotopic (exact) mass is 446 g/mol. The molecular formula is C26H30N4O3. The molecule has 0 spiro atoms. The molecule has 2 aliphatic rings. The largest absolute Gasteiger partial charge is 0.352 e. The normalized spacial score (nSPS) is 16.2. The first-order valence-electron chi connectivity index (χ1n) is 12.0. The van der Waals surface area contributed by atoms with Gasteiger partial charge < -0.3 is 15.2 Å². The Morgan fingerprint density at radius 2 is 1.85 bits per heavy atom. The second kappa shape index (κ2) is 9.25. The van der Waals surface area contributed by atoms with Gasteiger partial charge in [-0.1, -0.05) is 37.1 Å². The van der Waals surface area contributed by atoms with Crippen molar-refractivity contribution in [2.24, 2.45) is 0 Å². The van der Waals surface area contributed by atoms with Crippen molar-refractivity contribution in [2.75, 3.05) is 13.1 Å². The van der Waals surface area contributed by atoms with Crippen LogP contribution in [0.4, 0.5) is 0 Å². The van der Waals surface area contributed by atoms with Crippen LogP contribution >= 0.6 is 0 Å². The summed E-state index contributed by atoms with van der Waals surface area (Å²) in [6.07, 6.45) is 6.26. The van der Waals surface area contributed by atoms with Crippen LogP contribution in [-0.4, -0.2) is 39.4 Å². The van der Waals surface area contributed by atoms with E-state index in [0.717, 1.165) is 44.2 Å². The van der Waals surface area contributed by atoms with Crippen molar-refractivity contribution in [2.45, 2.75) is 57.5 Å². The summed E-state index contributed by atoms with van der Waals surface area (Å²) in [5.41, 5.74) is 4.51. The Morgan fingerprint density at radius 3 is 2.67 bits per heavy atom. The molecule has 7 heteroatoms. The third-order valence-electron chi connectivity index (χ3n) is 7.00. The summed E-state index contributed by atoms with van der Waals surface area (Å²) < 4.78 is 1.84. The Bertz CT molecular complexity index is 1240. The Labute approximate surface area is 192 Å². The van der Waals surface area contributed by atoms with Gasteiger partial charge in [-0.05, 0) is 55.0 Å². The van der Waals surface area contributed by atoms with Crippen LogP contribution in [0.2, 0.25) is 0 Å². The number of rotatable bonds is 6. The lowest BCUT2D eigenvalue weighted by Gasteiger charge is -2.29.